The van der Waals surface area contributed by atoms with Gasteiger partial charge in [-0.15, -0.1) is 0 Å². The Hall–Kier alpha value is -4.91. The summed E-state index contributed by atoms with van der Waals surface area (Å²) in [6.45, 7) is 2.38. The summed E-state index contributed by atoms with van der Waals surface area (Å²) in [5, 5.41) is 54.5. The number of hydrogen-bond donors (Lipinski definition) is 11. The number of carbonyl (C=O) groups is 7. The molecule has 0 aromatic heterocycles. The van der Waals surface area contributed by atoms with E-state index in [-0.39, 0.29) is 102 Å². The second-order valence-corrected chi connectivity index (χ2v) is 13.2. The summed E-state index contributed by atoms with van der Waals surface area (Å²) in [6, 6.07) is 5.21. The van der Waals surface area contributed by atoms with Gasteiger partial charge in [0.15, 0.2) is 0 Å². The van der Waals surface area contributed by atoms with Crippen LogP contribution < -0.4 is 32.5 Å². The Kier molecular flexibility index (Phi) is 21.3. The molecule has 1 aliphatic heterocycles. The third-order valence-electron chi connectivity index (χ3n) is 8.73. The molecule has 1 fully saturated rings. The maximum Gasteiger partial charge on any atom is 0.475 e. The van der Waals surface area contributed by atoms with Crippen molar-refractivity contribution in [3.8, 4) is 0 Å². The summed E-state index contributed by atoms with van der Waals surface area (Å²) < 4.78 is 0. The van der Waals surface area contributed by atoms with Crippen LogP contribution in [0.1, 0.15) is 43.0 Å². The lowest BCUT2D eigenvalue weighted by Gasteiger charge is -2.28. The zero-order valence-corrected chi connectivity index (χ0v) is 31.5. The van der Waals surface area contributed by atoms with Crippen LogP contribution in [-0.4, -0.2) is 191 Å². The van der Waals surface area contributed by atoms with Gasteiger partial charge in [0.1, 0.15) is 6.04 Å². The number of amides is 4. The molecule has 22 nitrogen and oxygen atoms in total. The van der Waals surface area contributed by atoms with E-state index in [1.165, 1.54) is 28.9 Å². The second-order valence-electron chi connectivity index (χ2n) is 13.2. The second kappa shape index (κ2) is 25.3. The van der Waals surface area contributed by atoms with Crippen LogP contribution >= 0.6 is 0 Å². The molecule has 1 saturated heterocycles. The van der Waals surface area contributed by atoms with E-state index in [4.69, 9.17) is 15.9 Å². The molecule has 2 rings (SSSR count). The highest BCUT2D eigenvalue weighted by molar-refractivity contribution is 6.43. The molecule has 12 N–H and O–H groups in total. The van der Waals surface area contributed by atoms with Crippen molar-refractivity contribution < 1.29 is 58.9 Å². The third kappa shape index (κ3) is 18.6. The maximum absolute atomic E-state index is 12.8. The zero-order valence-electron chi connectivity index (χ0n) is 31.5. The molecule has 0 spiro atoms. The smallest absolute Gasteiger partial charge is 0.475 e. The Balaban J connectivity index is 1.78. The number of nitrogens with one attached hydrogen (secondary N) is 5. The van der Waals surface area contributed by atoms with Crippen LogP contribution in [0.25, 0.3) is 0 Å². The monoisotopic (exact) mass is 794 g/mol. The van der Waals surface area contributed by atoms with Crippen LogP contribution in [-0.2, 0) is 28.8 Å². The largest absolute Gasteiger partial charge is 0.480 e. The van der Waals surface area contributed by atoms with E-state index in [0.717, 1.165) is 0 Å². The first-order valence-electron chi connectivity index (χ1n) is 18.2. The Morgan fingerprint density at radius 2 is 1.45 bits per heavy atom. The molecule has 312 valence electrons. The molecule has 0 bridgehead atoms. The quantitative estimate of drug-likeness (QED) is 0.0166. The molecule has 0 saturated carbocycles. The standard InChI is InChI=1S/C33H55BN10O12/c1-23(33(54)44-12-3-4-26(44)34(55)56)38-32(53)24-6-8-25(9-7-24)39-40-27(45)5-2-10-37-28(46)19-41(13-11-36-18-29(47)48)14-15-42(20-30(49)50)16-17-43(22-35)21-31(51)52/h6-9,23,26,36,39,55-56H,2-5,10-22,35H2,1H3,(H,37,46)(H,38,53)(H,40,45)(H,47,48)(H,49,50)(H,51,52)/t23-,26+/m1/s1. The topological polar surface area (TPSA) is 320 Å². The minimum Gasteiger partial charge on any atom is -0.480 e. The summed E-state index contributed by atoms with van der Waals surface area (Å²) in [6.07, 6.45) is 1.44. The number of carboxylic acids is 3. The third-order valence-corrected chi connectivity index (χ3v) is 8.73. The van der Waals surface area contributed by atoms with Gasteiger partial charge in [0, 0.05) is 71.0 Å². The Morgan fingerprint density at radius 1 is 0.839 bits per heavy atom. The molecule has 0 aliphatic carbocycles. The SMILES string of the molecule is C[C@@H](NC(=O)c1ccc(NNC(=O)CCCNC(=O)CN(CCNCC(=O)O)CCN(CCN(CN)CC(=O)O)CC(=O)O)cc1)C(=O)N1CCC[C@H]1B(O)O. The Bertz CT molecular complexity index is 1460. The normalized spacial score (nSPS) is 14.4. The fraction of sp³-hybridized carbons (Fsp3) is 0.606. The minimum absolute atomic E-state index is 0.0318. The van der Waals surface area contributed by atoms with Gasteiger partial charge in [0.25, 0.3) is 5.91 Å². The van der Waals surface area contributed by atoms with E-state index >= 15 is 0 Å². The molecular weight excluding hydrogens is 739 g/mol. The number of carboxylic acid groups (broad SMARTS) is 3. The minimum atomic E-state index is -1.66. The number of carbonyl (C=O) groups excluding carboxylic acids is 4. The summed E-state index contributed by atoms with van der Waals surface area (Å²) in [5.74, 6) is -5.59. The molecule has 2 atom stereocenters. The number of hydrogen-bond acceptors (Lipinski definition) is 15. The molecule has 0 radical (unpaired) electrons. The lowest BCUT2D eigenvalue weighted by Crippen LogP contribution is -2.52. The molecular formula is C33H55BN10O12. The van der Waals surface area contributed by atoms with Crippen LogP contribution in [0.4, 0.5) is 5.69 Å². The van der Waals surface area contributed by atoms with Crippen molar-refractivity contribution in [1.82, 2.24) is 41.0 Å². The van der Waals surface area contributed by atoms with E-state index in [1.807, 2.05) is 0 Å². The molecule has 0 unspecified atom stereocenters. The zero-order chi connectivity index (χ0) is 41.6. The van der Waals surface area contributed by atoms with Gasteiger partial charge in [-0.3, -0.25) is 59.1 Å². The Labute approximate surface area is 324 Å². The van der Waals surface area contributed by atoms with Crippen LogP contribution in [0, 0.1) is 0 Å². The van der Waals surface area contributed by atoms with Gasteiger partial charge in [0.05, 0.1) is 37.8 Å². The first-order chi connectivity index (χ1) is 26.6. The van der Waals surface area contributed by atoms with Crippen LogP contribution in [0.3, 0.4) is 0 Å². The summed E-state index contributed by atoms with van der Waals surface area (Å²) >= 11 is 0. The summed E-state index contributed by atoms with van der Waals surface area (Å²) in [5.41, 5.74) is 11.6. The van der Waals surface area contributed by atoms with Gasteiger partial charge in [-0.1, -0.05) is 0 Å². The number of nitrogens with two attached hydrogens (primary N) is 1. The van der Waals surface area contributed by atoms with Crippen molar-refractivity contribution in [3.05, 3.63) is 29.8 Å². The fourth-order valence-electron chi connectivity index (χ4n) is 5.77. The first kappa shape index (κ1) is 47.2. The number of likely N-dealkylation sites (tertiary alicyclic amines) is 1. The number of anilines is 1. The van der Waals surface area contributed by atoms with Crippen molar-refractivity contribution >= 4 is 54.3 Å². The lowest BCUT2D eigenvalue weighted by molar-refractivity contribution is -0.140. The van der Waals surface area contributed by atoms with Gasteiger partial charge >= 0.3 is 25.0 Å². The number of nitrogens with zero attached hydrogens (tertiary/aromatic N) is 4. The Morgan fingerprint density at radius 3 is 2.04 bits per heavy atom. The van der Waals surface area contributed by atoms with E-state index < -0.39 is 48.8 Å². The fourth-order valence-corrected chi connectivity index (χ4v) is 5.77. The van der Waals surface area contributed by atoms with Crippen LogP contribution in [0.5, 0.6) is 0 Å². The van der Waals surface area contributed by atoms with Gasteiger partial charge in [-0.2, -0.15) is 0 Å². The maximum atomic E-state index is 12.8. The highest BCUT2D eigenvalue weighted by Crippen LogP contribution is 2.19. The van der Waals surface area contributed by atoms with Crippen molar-refractivity contribution in [1.29, 1.82) is 0 Å². The molecule has 23 heteroatoms. The van der Waals surface area contributed by atoms with Gasteiger partial charge in [-0.05, 0) is 50.5 Å². The average Bonchev–Trinajstić information content (AvgIpc) is 3.64. The molecule has 1 aliphatic rings. The predicted octanol–water partition coefficient (Wildman–Crippen LogP) is -4.19. The van der Waals surface area contributed by atoms with Crippen molar-refractivity contribution in [2.24, 2.45) is 5.73 Å². The van der Waals surface area contributed by atoms with E-state index in [9.17, 15) is 48.7 Å². The average molecular weight is 795 g/mol. The summed E-state index contributed by atoms with van der Waals surface area (Å²) in [7, 11) is -1.66. The number of hydrazine groups is 1. The predicted molar refractivity (Wildman–Crippen MR) is 202 cm³/mol. The lowest BCUT2D eigenvalue weighted by atomic mass is 9.78. The number of aliphatic carboxylic acids is 3. The van der Waals surface area contributed by atoms with Crippen molar-refractivity contribution in [2.75, 3.05) is 90.6 Å². The first-order valence-corrected chi connectivity index (χ1v) is 18.2. The van der Waals surface area contributed by atoms with E-state index in [2.05, 4.69) is 26.8 Å². The van der Waals surface area contributed by atoms with E-state index in [0.29, 0.717) is 31.5 Å². The highest BCUT2D eigenvalue weighted by atomic mass is 16.4. The summed E-state index contributed by atoms with van der Waals surface area (Å²) in [4.78, 5) is 90.1. The number of benzene rings is 1. The molecule has 1 aromatic carbocycles. The van der Waals surface area contributed by atoms with Crippen molar-refractivity contribution in [3.63, 3.8) is 0 Å². The van der Waals surface area contributed by atoms with Gasteiger partial charge in [-0.25, -0.2) is 0 Å². The van der Waals surface area contributed by atoms with Gasteiger partial charge in [0.2, 0.25) is 17.7 Å². The van der Waals surface area contributed by atoms with E-state index in [1.54, 1.807) is 21.9 Å². The van der Waals surface area contributed by atoms with Crippen molar-refractivity contribution in [2.45, 2.75) is 44.6 Å². The van der Waals surface area contributed by atoms with Gasteiger partial charge < -0.3 is 52.0 Å². The number of rotatable bonds is 28. The van der Waals surface area contributed by atoms with Crippen LogP contribution in [0.15, 0.2) is 24.3 Å². The highest BCUT2D eigenvalue weighted by Gasteiger charge is 2.38. The van der Waals surface area contributed by atoms with Crippen LogP contribution in [0.2, 0.25) is 0 Å². The molecule has 1 heterocycles. The molecule has 1 aromatic rings. The molecule has 4 amide bonds. The molecule has 56 heavy (non-hydrogen) atoms.